The van der Waals surface area contributed by atoms with E-state index in [1.54, 1.807) is 0 Å². The van der Waals surface area contributed by atoms with E-state index >= 15 is 0 Å². The molecule has 2 aromatic carbocycles. The highest BCUT2D eigenvalue weighted by molar-refractivity contribution is 5.69. The first-order valence-electron chi connectivity index (χ1n) is 8.05. The van der Waals surface area contributed by atoms with Gasteiger partial charge >= 0.3 is 5.97 Å². The monoisotopic (exact) mass is 322 g/mol. The minimum atomic E-state index is -0.817. The van der Waals surface area contributed by atoms with Gasteiger partial charge in [0.15, 0.2) is 0 Å². The molecule has 3 heteroatoms. The predicted octanol–water partition coefficient (Wildman–Crippen LogP) is 3.66. The van der Waals surface area contributed by atoms with E-state index in [1.807, 2.05) is 42.5 Å². The minimum absolute atomic E-state index is 0.231. The summed E-state index contributed by atoms with van der Waals surface area (Å²) < 4.78 is 4.58. The summed E-state index contributed by atoms with van der Waals surface area (Å²) in [5.41, 5.74) is 3.10. The van der Waals surface area contributed by atoms with Crippen LogP contribution in [0.2, 0.25) is 0 Å². The van der Waals surface area contributed by atoms with Crippen LogP contribution >= 0.6 is 0 Å². The van der Waals surface area contributed by atoms with Crippen LogP contribution in [0.3, 0.4) is 0 Å². The van der Waals surface area contributed by atoms with Gasteiger partial charge in [-0.15, -0.1) is 5.92 Å². The number of esters is 1. The molecule has 1 N–H and O–H groups in total. The number of unbranched alkanes of at least 4 members (excludes halogenated alkanes) is 1. The smallest absolute Gasteiger partial charge is 0.305 e. The Labute approximate surface area is 143 Å². The lowest BCUT2D eigenvalue weighted by Crippen LogP contribution is -2.01. The van der Waals surface area contributed by atoms with Crippen molar-refractivity contribution in [1.29, 1.82) is 0 Å². The number of ether oxygens (including phenoxy) is 1. The van der Waals surface area contributed by atoms with Crippen molar-refractivity contribution >= 4 is 5.97 Å². The summed E-state index contributed by atoms with van der Waals surface area (Å²) in [4.78, 5) is 11.0. The van der Waals surface area contributed by atoms with Crippen LogP contribution in [0.15, 0.2) is 54.6 Å². The topological polar surface area (TPSA) is 46.5 Å². The number of carbonyl (C=O) groups excluding carboxylic acids is 1. The Morgan fingerprint density at radius 3 is 2.58 bits per heavy atom. The standard InChI is InChI=1S/C21H22O3/c1-24-21(23)15-7-3-6-14-20(22)19-13-9-8-12-18(19)16-17-10-4-2-5-11-17/h2,4-5,8-13,20,22H,3,7,15-16H2,1H3. The molecular formula is C21H22O3. The Hall–Kier alpha value is -2.57. The summed E-state index contributed by atoms with van der Waals surface area (Å²) in [6.07, 6.45) is 1.50. The van der Waals surface area contributed by atoms with Gasteiger partial charge in [-0.1, -0.05) is 60.5 Å². The first-order valence-corrected chi connectivity index (χ1v) is 8.05. The minimum Gasteiger partial charge on any atom is -0.469 e. The third kappa shape index (κ3) is 5.57. The van der Waals surface area contributed by atoms with Crippen LogP contribution in [-0.4, -0.2) is 18.2 Å². The van der Waals surface area contributed by atoms with Crippen LogP contribution in [-0.2, 0) is 16.0 Å². The molecule has 24 heavy (non-hydrogen) atoms. The Morgan fingerprint density at radius 1 is 1.12 bits per heavy atom. The number of hydrogen-bond donors (Lipinski definition) is 1. The van der Waals surface area contributed by atoms with Gasteiger partial charge in [0.25, 0.3) is 0 Å². The quantitative estimate of drug-likeness (QED) is 0.501. The second kappa shape index (κ2) is 9.54. The van der Waals surface area contributed by atoms with Crippen molar-refractivity contribution in [1.82, 2.24) is 0 Å². The lowest BCUT2D eigenvalue weighted by molar-refractivity contribution is -0.140. The fourth-order valence-corrected chi connectivity index (χ4v) is 2.45. The van der Waals surface area contributed by atoms with Crippen molar-refractivity contribution in [3.05, 3.63) is 71.3 Å². The summed E-state index contributed by atoms with van der Waals surface area (Å²) in [6.45, 7) is 0. The van der Waals surface area contributed by atoms with Crippen LogP contribution in [0.1, 0.15) is 42.1 Å². The number of carbonyl (C=O) groups is 1. The molecule has 0 heterocycles. The molecule has 0 saturated heterocycles. The second-order valence-corrected chi connectivity index (χ2v) is 5.51. The molecule has 0 amide bonds. The second-order valence-electron chi connectivity index (χ2n) is 5.51. The maximum absolute atomic E-state index is 11.0. The average molecular weight is 322 g/mol. The van der Waals surface area contributed by atoms with Crippen molar-refractivity contribution in [3.63, 3.8) is 0 Å². The molecule has 0 saturated carbocycles. The molecule has 1 unspecified atom stereocenters. The number of benzene rings is 2. The van der Waals surface area contributed by atoms with Gasteiger partial charge in [-0.25, -0.2) is 0 Å². The summed E-state index contributed by atoms with van der Waals surface area (Å²) >= 11 is 0. The van der Waals surface area contributed by atoms with Crippen molar-refractivity contribution in [2.45, 2.75) is 31.8 Å². The van der Waals surface area contributed by atoms with E-state index in [1.165, 1.54) is 12.7 Å². The molecule has 0 aliphatic carbocycles. The molecule has 2 aromatic rings. The van der Waals surface area contributed by atoms with Gasteiger partial charge in [0.2, 0.25) is 0 Å². The average Bonchev–Trinajstić information content (AvgIpc) is 2.62. The Bertz CT molecular complexity index is 711. The summed E-state index contributed by atoms with van der Waals surface area (Å²) in [5, 5.41) is 10.4. The normalized spacial score (nSPS) is 11.2. The number of aliphatic hydroxyl groups is 1. The predicted molar refractivity (Wildman–Crippen MR) is 94.3 cm³/mol. The molecule has 2 rings (SSSR count). The maximum Gasteiger partial charge on any atom is 0.305 e. The van der Waals surface area contributed by atoms with Crippen LogP contribution < -0.4 is 0 Å². The molecule has 0 spiro atoms. The van der Waals surface area contributed by atoms with E-state index in [2.05, 4.69) is 28.7 Å². The lowest BCUT2D eigenvalue weighted by atomic mass is 9.96. The Morgan fingerprint density at radius 2 is 1.83 bits per heavy atom. The number of methoxy groups -OCH3 is 1. The fraction of sp³-hybridized carbons (Fsp3) is 0.286. The van der Waals surface area contributed by atoms with Crippen LogP contribution in [0.4, 0.5) is 0 Å². The maximum atomic E-state index is 11.0. The van der Waals surface area contributed by atoms with E-state index in [0.717, 1.165) is 17.5 Å². The highest BCUT2D eigenvalue weighted by atomic mass is 16.5. The van der Waals surface area contributed by atoms with Crippen LogP contribution in [0, 0.1) is 11.8 Å². The number of hydrogen-bond acceptors (Lipinski definition) is 3. The summed E-state index contributed by atoms with van der Waals surface area (Å²) in [6, 6.07) is 18.0. The van der Waals surface area contributed by atoms with Gasteiger partial charge < -0.3 is 9.84 Å². The molecule has 0 aliphatic rings. The molecule has 3 nitrogen and oxygen atoms in total. The zero-order chi connectivity index (χ0) is 17.2. The molecule has 0 fully saturated rings. The van der Waals surface area contributed by atoms with Crippen molar-refractivity contribution in [3.8, 4) is 11.8 Å². The van der Waals surface area contributed by atoms with E-state index in [4.69, 9.17) is 0 Å². The largest absolute Gasteiger partial charge is 0.469 e. The highest BCUT2D eigenvalue weighted by Gasteiger charge is 2.09. The van der Waals surface area contributed by atoms with Gasteiger partial charge in [-0.2, -0.15) is 0 Å². The van der Waals surface area contributed by atoms with E-state index < -0.39 is 6.10 Å². The SMILES string of the molecule is COC(=O)CCCC#CC(O)c1ccccc1Cc1ccccc1. The van der Waals surface area contributed by atoms with Gasteiger partial charge in [-0.3, -0.25) is 4.79 Å². The van der Waals surface area contributed by atoms with Crippen molar-refractivity contribution < 1.29 is 14.6 Å². The molecule has 124 valence electrons. The van der Waals surface area contributed by atoms with E-state index in [0.29, 0.717) is 19.3 Å². The first-order chi connectivity index (χ1) is 11.7. The van der Waals surface area contributed by atoms with Gasteiger partial charge in [-0.05, 0) is 29.5 Å². The molecular weight excluding hydrogens is 300 g/mol. The van der Waals surface area contributed by atoms with Gasteiger partial charge in [0.05, 0.1) is 7.11 Å². The van der Waals surface area contributed by atoms with Gasteiger partial charge in [0, 0.05) is 12.8 Å². The highest BCUT2D eigenvalue weighted by Crippen LogP contribution is 2.20. The van der Waals surface area contributed by atoms with Crippen LogP contribution in [0.25, 0.3) is 0 Å². The fourth-order valence-electron chi connectivity index (χ4n) is 2.45. The van der Waals surface area contributed by atoms with Crippen molar-refractivity contribution in [2.75, 3.05) is 7.11 Å². The molecule has 0 bridgehead atoms. The van der Waals surface area contributed by atoms with Gasteiger partial charge in [0.1, 0.15) is 6.10 Å². The Balaban J connectivity index is 2.00. The number of rotatable bonds is 6. The third-order valence-electron chi connectivity index (χ3n) is 3.74. The third-order valence-corrected chi connectivity index (χ3v) is 3.74. The van der Waals surface area contributed by atoms with E-state index in [-0.39, 0.29) is 5.97 Å². The number of aliphatic hydroxyl groups excluding tert-OH is 1. The molecule has 0 aliphatic heterocycles. The Kier molecular flexibility index (Phi) is 7.07. The molecule has 0 aromatic heterocycles. The summed E-state index contributed by atoms with van der Waals surface area (Å²) in [7, 11) is 1.38. The van der Waals surface area contributed by atoms with E-state index in [9.17, 15) is 9.90 Å². The van der Waals surface area contributed by atoms with Crippen LogP contribution in [0.5, 0.6) is 0 Å². The zero-order valence-electron chi connectivity index (χ0n) is 13.9. The summed E-state index contributed by atoms with van der Waals surface area (Å²) in [5.74, 6) is 5.59. The molecule has 1 atom stereocenters. The van der Waals surface area contributed by atoms with Crippen molar-refractivity contribution in [2.24, 2.45) is 0 Å². The lowest BCUT2D eigenvalue weighted by Gasteiger charge is -2.11. The molecule has 0 radical (unpaired) electrons. The zero-order valence-corrected chi connectivity index (χ0v) is 13.9. The first kappa shape index (κ1) is 17.8.